The second kappa shape index (κ2) is 2.42. The predicted molar refractivity (Wildman–Crippen MR) is 44.3 cm³/mol. The summed E-state index contributed by atoms with van der Waals surface area (Å²) in [5.74, 6) is 1.27. The summed E-state index contributed by atoms with van der Waals surface area (Å²) in [6.45, 7) is 0. The van der Waals surface area contributed by atoms with Gasteiger partial charge in [-0.15, -0.1) is 0 Å². The zero-order valence-corrected chi connectivity index (χ0v) is 6.99. The van der Waals surface area contributed by atoms with Gasteiger partial charge in [-0.05, 0) is 31.4 Å². The Kier molecular flexibility index (Phi) is 1.69. The van der Waals surface area contributed by atoms with Gasteiger partial charge in [-0.1, -0.05) is 6.42 Å². The predicted octanol–water partition coefficient (Wildman–Crippen LogP) is 1.80. The van der Waals surface area contributed by atoms with Gasteiger partial charge in [0.25, 0.3) is 0 Å². The fourth-order valence-electron chi connectivity index (χ4n) is 1.61. The van der Waals surface area contributed by atoms with Crippen LogP contribution in [0.15, 0.2) is 0 Å². The lowest BCUT2D eigenvalue weighted by molar-refractivity contribution is 0.142. The number of aliphatic hydroxyl groups is 1. The normalized spacial score (nSPS) is 37.5. The summed E-state index contributed by atoms with van der Waals surface area (Å²) < 4.78 is 0. The molecule has 0 amide bonds. The molecule has 1 nitrogen and oxygen atoms in total. The molecule has 10 heavy (non-hydrogen) atoms. The van der Waals surface area contributed by atoms with Crippen LogP contribution in [0.1, 0.15) is 32.1 Å². The molecule has 1 heterocycles. The Labute approximate surface area is 66.2 Å². The van der Waals surface area contributed by atoms with Crippen LogP contribution >= 0.6 is 11.8 Å². The van der Waals surface area contributed by atoms with Crippen LogP contribution in [0.25, 0.3) is 0 Å². The molecule has 1 unspecified atom stereocenters. The van der Waals surface area contributed by atoms with Crippen molar-refractivity contribution < 1.29 is 5.11 Å². The van der Waals surface area contributed by atoms with Crippen molar-refractivity contribution in [1.29, 1.82) is 0 Å². The lowest BCUT2D eigenvalue weighted by Crippen LogP contribution is -2.27. The molecule has 0 spiro atoms. The average molecular weight is 158 g/mol. The molecule has 2 rings (SSSR count). The highest BCUT2D eigenvalue weighted by atomic mass is 32.2. The van der Waals surface area contributed by atoms with E-state index in [1.807, 2.05) is 11.8 Å². The van der Waals surface area contributed by atoms with Crippen LogP contribution in [-0.4, -0.2) is 21.7 Å². The third-order valence-corrected chi connectivity index (χ3v) is 4.14. The molecule has 0 aromatic carbocycles. The summed E-state index contributed by atoms with van der Waals surface area (Å²) >= 11 is 1.98. The van der Waals surface area contributed by atoms with Gasteiger partial charge in [0, 0.05) is 5.25 Å². The molecule has 2 fully saturated rings. The molecule has 1 saturated heterocycles. The molecule has 0 bridgehead atoms. The molecule has 0 aromatic heterocycles. The van der Waals surface area contributed by atoms with Gasteiger partial charge in [0.05, 0.1) is 5.60 Å². The van der Waals surface area contributed by atoms with E-state index >= 15 is 0 Å². The zero-order valence-electron chi connectivity index (χ0n) is 6.18. The summed E-state index contributed by atoms with van der Waals surface area (Å²) in [6.07, 6.45) is 6.06. The van der Waals surface area contributed by atoms with Crippen LogP contribution in [-0.2, 0) is 0 Å². The first kappa shape index (κ1) is 6.99. The van der Waals surface area contributed by atoms with Gasteiger partial charge in [-0.25, -0.2) is 0 Å². The first-order valence-corrected chi connectivity index (χ1v) is 5.20. The monoisotopic (exact) mass is 158 g/mol. The number of hydrogen-bond acceptors (Lipinski definition) is 2. The maximum absolute atomic E-state index is 9.73. The standard InChI is InChI=1S/C8H14OS/c9-8(4-5-8)7-3-1-2-6-10-7/h7,9H,1-6H2. The van der Waals surface area contributed by atoms with E-state index in [2.05, 4.69) is 0 Å². The van der Waals surface area contributed by atoms with Crippen molar-refractivity contribution >= 4 is 11.8 Å². The average Bonchev–Trinajstić information content (AvgIpc) is 2.72. The van der Waals surface area contributed by atoms with E-state index < -0.39 is 0 Å². The van der Waals surface area contributed by atoms with Gasteiger partial charge in [-0.2, -0.15) is 11.8 Å². The van der Waals surface area contributed by atoms with Crippen molar-refractivity contribution in [2.75, 3.05) is 5.75 Å². The van der Waals surface area contributed by atoms with Gasteiger partial charge < -0.3 is 5.11 Å². The highest BCUT2D eigenvalue weighted by molar-refractivity contribution is 8.00. The Bertz CT molecular complexity index is 125. The molecule has 0 aromatic rings. The highest BCUT2D eigenvalue weighted by Crippen LogP contribution is 2.47. The molecule has 1 atom stereocenters. The Hall–Kier alpha value is 0.310. The Balaban J connectivity index is 1.91. The van der Waals surface area contributed by atoms with Gasteiger partial charge in [0.1, 0.15) is 0 Å². The molecule has 2 aliphatic rings. The first-order chi connectivity index (χ1) is 4.81. The van der Waals surface area contributed by atoms with Gasteiger partial charge in [-0.3, -0.25) is 0 Å². The van der Waals surface area contributed by atoms with Crippen LogP contribution in [0.5, 0.6) is 0 Å². The molecule has 1 saturated carbocycles. The van der Waals surface area contributed by atoms with E-state index in [4.69, 9.17) is 0 Å². The topological polar surface area (TPSA) is 20.2 Å². The molecule has 58 valence electrons. The van der Waals surface area contributed by atoms with E-state index in [-0.39, 0.29) is 5.60 Å². The van der Waals surface area contributed by atoms with Crippen LogP contribution < -0.4 is 0 Å². The third-order valence-electron chi connectivity index (χ3n) is 2.54. The van der Waals surface area contributed by atoms with Crippen LogP contribution in [0.4, 0.5) is 0 Å². The number of hydrogen-bond donors (Lipinski definition) is 1. The number of rotatable bonds is 1. The third kappa shape index (κ3) is 1.19. The van der Waals surface area contributed by atoms with E-state index in [0.717, 1.165) is 12.8 Å². The molecule has 1 N–H and O–H groups in total. The summed E-state index contributed by atoms with van der Waals surface area (Å²) in [7, 11) is 0. The summed E-state index contributed by atoms with van der Waals surface area (Å²) in [4.78, 5) is 0. The second-order valence-electron chi connectivity index (χ2n) is 3.46. The molecule has 1 aliphatic carbocycles. The van der Waals surface area contributed by atoms with E-state index in [1.165, 1.54) is 25.0 Å². The van der Waals surface area contributed by atoms with Crippen molar-refractivity contribution in [3.05, 3.63) is 0 Å². The summed E-state index contributed by atoms with van der Waals surface area (Å²) in [5, 5.41) is 10.3. The van der Waals surface area contributed by atoms with Crippen molar-refractivity contribution in [3.63, 3.8) is 0 Å². The maximum Gasteiger partial charge on any atom is 0.0768 e. The van der Waals surface area contributed by atoms with Crippen LogP contribution in [0, 0.1) is 0 Å². The minimum absolute atomic E-state index is 0.217. The Morgan fingerprint density at radius 2 is 2.10 bits per heavy atom. The quantitative estimate of drug-likeness (QED) is 0.628. The minimum atomic E-state index is -0.217. The highest BCUT2D eigenvalue weighted by Gasteiger charge is 2.47. The largest absolute Gasteiger partial charge is 0.389 e. The molecule has 2 heteroatoms. The van der Waals surface area contributed by atoms with Crippen molar-refractivity contribution in [1.82, 2.24) is 0 Å². The first-order valence-electron chi connectivity index (χ1n) is 4.15. The van der Waals surface area contributed by atoms with Crippen LogP contribution in [0.2, 0.25) is 0 Å². The summed E-state index contributed by atoms with van der Waals surface area (Å²) in [6, 6.07) is 0. The van der Waals surface area contributed by atoms with E-state index in [1.54, 1.807) is 0 Å². The van der Waals surface area contributed by atoms with Crippen molar-refractivity contribution in [2.24, 2.45) is 0 Å². The zero-order chi connectivity index (χ0) is 7.03. The lowest BCUT2D eigenvalue weighted by atomic mass is 10.1. The summed E-state index contributed by atoms with van der Waals surface area (Å²) in [5.41, 5.74) is -0.217. The fourth-order valence-corrected chi connectivity index (χ4v) is 3.15. The van der Waals surface area contributed by atoms with Crippen molar-refractivity contribution in [3.8, 4) is 0 Å². The fraction of sp³-hybridized carbons (Fsp3) is 1.00. The van der Waals surface area contributed by atoms with Crippen LogP contribution in [0.3, 0.4) is 0 Å². The minimum Gasteiger partial charge on any atom is -0.389 e. The maximum atomic E-state index is 9.73. The molecule has 0 radical (unpaired) electrons. The molecular formula is C8H14OS. The van der Waals surface area contributed by atoms with Gasteiger partial charge >= 0.3 is 0 Å². The Morgan fingerprint density at radius 3 is 2.60 bits per heavy atom. The van der Waals surface area contributed by atoms with E-state index in [0.29, 0.717) is 5.25 Å². The van der Waals surface area contributed by atoms with E-state index in [9.17, 15) is 5.11 Å². The molecular weight excluding hydrogens is 144 g/mol. The smallest absolute Gasteiger partial charge is 0.0768 e. The molecule has 1 aliphatic heterocycles. The number of thioether (sulfide) groups is 1. The second-order valence-corrected chi connectivity index (χ2v) is 4.77. The Morgan fingerprint density at radius 1 is 1.30 bits per heavy atom. The van der Waals surface area contributed by atoms with Gasteiger partial charge in [0.2, 0.25) is 0 Å². The lowest BCUT2D eigenvalue weighted by Gasteiger charge is -2.25. The van der Waals surface area contributed by atoms with Gasteiger partial charge in [0.15, 0.2) is 0 Å². The SMILES string of the molecule is OC1(C2CCCCS2)CC1. The van der Waals surface area contributed by atoms with Crippen molar-refractivity contribution in [2.45, 2.75) is 43.0 Å².